The average molecular weight is 373 g/mol. The van der Waals surface area contributed by atoms with E-state index in [0.29, 0.717) is 31.0 Å². The van der Waals surface area contributed by atoms with Crippen molar-refractivity contribution in [3.63, 3.8) is 0 Å². The van der Waals surface area contributed by atoms with Crippen molar-refractivity contribution >= 4 is 11.9 Å². The van der Waals surface area contributed by atoms with Crippen LogP contribution in [0.2, 0.25) is 0 Å². The molecule has 1 aromatic carbocycles. The van der Waals surface area contributed by atoms with Crippen LogP contribution in [0.1, 0.15) is 44.1 Å². The first-order valence-electron chi connectivity index (χ1n) is 10.1. The average Bonchev–Trinajstić information content (AvgIpc) is 3.51. The summed E-state index contributed by atoms with van der Waals surface area (Å²) < 4.78 is 13.7. The molecule has 2 saturated heterocycles. The zero-order valence-electron chi connectivity index (χ0n) is 15.8. The molecule has 4 rings (SSSR count). The molecule has 1 aromatic rings. The van der Waals surface area contributed by atoms with Gasteiger partial charge in [-0.25, -0.2) is 9.18 Å². The fourth-order valence-corrected chi connectivity index (χ4v) is 4.59. The molecule has 3 amide bonds. The highest BCUT2D eigenvalue weighted by Crippen LogP contribution is 2.42. The molecule has 1 spiro atoms. The molecule has 5 nitrogen and oxygen atoms in total. The highest BCUT2D eigenvalue weighted by molar-refractivity contribution is 5.78. The van der Waals surface area contributed by atoms with E-state index in [4.69, 9.17) is 0 Å². The van der Waals surface area contributed by atoms with Crippen LogP contribution in [-0.4, -0.2) is 54.0 Å². The third-order valence-corrected chi connectivity index (χ3v) is 6.26. The number of nitrogens with zero attached hydrogens (tertiary/aromatic N) is 2. The summed E-state index contributed by atoms with van der Waals surface area (Å²) in [4.78, 5) is 28.8. The maximum Gasteiger partial charge on any atom is 0.317 e. The number of urea groups is 1. The SMILES string of the molecule is O=C(NCCc1ccccc1F)N1CCCC2(CCC(=O)N(C3CC3)C2)C1. The zero-order chi connectivity index (χ0) is 18.9. The minimum atomic E-state index is -0.226. The number of carbonyl (C=O) groups excluding carboxylic acids is 2. The number of hydrogen-bond donors (Lipinski definition) is 1. The van der Waals surface area contributed by atoms with E-state index in [1.165, 1.54) is 6.07 Å². The third-order valence-electron chi connectivity index (χ3n) is 6.26. The summed E-state index contributed by atoms with van der Waals surface area (Å²) in [5.74, 6) is 0.0605. The van der Waals surface area contributed by atoms with Gasteiger partial charge in [0.1, 0.15) is 5.82 Å². The summed E-state index contributed by atoms with van der Waals surface area (Å²) in [6.07, 6.45) is 6.30. The van der Waals surface area contributed by atoms with E-state index < -0.39 is 0 Å². The number of likely N-dealkylation sites (tertiary alicyclic amines) is 2. The molecule has 2 aliphatic heterocycles. The number of rotatable bonds is 4. The maximum absolute atomic E-state index is 13.7. The lowest BCUT2D eigenvalue weighted by Crippen LogP contribution is -2.57. The standard InChI is InChI=1S/C21H28FN3O2/c22-18-5-2-1-4-16(18)9-12-23-20(27)24-13-3-10-21(14-24)11-8-19(26)25(15-21)17-6-7-17/h1-2,4-5,17H,3,6-15H2,(H,23,27). The number of nitrogens with one attached hydrogen (secondary N) is 1. The minimum absolute atomic E-state index is 0.0532. The van der Waals surface area contributed by atoms with Crippen LogP contribution >= 0.6 is 0 Å². The van der Waals surface area contributed by atoms with Gasteiger partial charge in [-0.15, -0.1) is 0 Å². The Labute approximate surface area is 159 Å². The summed E-state index contributed by atoms with van der Waals surface area (Å²) in [6, 6.07) is 7.05. The zero-order valence-corrected chi connectivity index (χ0v) is 15.8. The highest BCUT2D eigenvalue weighted by Gasteiger charge is 2.46. The Morgan fingerprint density at radius 1 is 1.22 bits per heavy atom. The predicted octanol–water partition coefficient (Wildman–Crippen LogP) is 2.94. The molecule has 0 aromatic heterocycles. The summed E-state index contributed by atoms with van der Waals surface area (Å²) in [5, 5.41) is 2.94. The van der Waals surface area contributed by atoms with Crippen LogP contribution < -0.4 is 5.32 Å². The second-order valence-corrected chi connectivity index (χ2v) is 8.35. The maximum atomic E-state index is 13.7. The summed E-state index contributed by atoms with van der Waals surface area (Å²) in [6.45, 7) is 2.70. The normalized spacial score (nSPS) is 25.7. The van der Waals surface area contributed by atoms with Crippen molar-refractivity contribution in [3.8, 4) is 0 Å². The van der Waals surface area contributed by atoms with Crippen LogP contribution in [0.3, 0.4) is 0 Å². The van der Waals surface area contributed by atoms with E-state index in [9.17, 15) is 14.0 Å². The second-order valence-electron chi connectivity index (χ2n) is 8.35. The van der Waals surface area contributed by atoms with Gasteiger partial charge >= 0.3 is 6.03 Å². The monoisotopic (exact) mass is 373 g/mol. The van der Waals surface area contributed by atoms with Crippen LogP contribution in [-0.2, 0) is 11.2 Å². The van der Waals surface area contributed by atoms with Crippen LogP contribution in [0.4, 0.5) is 9.18 Å². The molecular weight excluding hydrogens is 345 g/mol. The number of hydrogen-bond acceptors (Lipinski definition) is 2. The summed E-state index contributed by atoms with van der Waals surface area (Å²) in [7, 11) is 0. The summed E-state index contributed by atoms with van der Waals surface area (Å²) >= 11 is 0. The molecule has 1 aliphatic carbocycles. The Balaban J connectivity index is 1.31. The van der Waals surface area contributed by atoms with E-state index in [1.54, 1.807) is 12.1 Å². The van der Waals surface area contributed by atoms with Crippen molar-refractivity contribution in [3.05, 3.63) is 35.6 Å². The van der Waals surface area contributed by atoms with Gasteiger partial charge in [-0.05, 0) is 50.2 Å². The number of amides is 3. The van der Waals surface area contributed by atoms with Crippen LogP contribution in [0.25, 0.3) is 0 Å². The fraction of sp³-hybridized carbons (Fsp3) is 0.619. The van der Waals surface area contributed by atoms with Gasteiger partial charge in [0.25, 0.3) is 0 Å². The largest absolute Gasteiger partial charge is 0.339 e. The Morgan fingerprint density at radius 3 is 2.81 bits per heavy atom. The predicted molar refractivity (Wildman–Crippen MR) is 101 cm³/mol. The van der Waals surface area contributed by atoms with Crippen molar-refractivity contribution in [2.45, 2.75) is 51.0 Å². The van der Waals surface area contributed by atoms with Crippen molar-refractivity contribution < 1.29 is 14.0 Å². The molecule has 1 unspecified atom stereocenters. The van der Waals surface area contributed by atoms with E-state index in [0.717, 1.165) is 51.7 Å². The lowest BCUT2D eigenvalue weighted by molar-refractivity contribution is -0.139. The molecule has 0 bridgehead atoms. The molecule has 27 heavy (non-hydrogen) atoms. The van der Waals surface area contributed by atoms with Crippen LogP contribution in [0, 0.1) is 11.2 Å². The first-order valence-corrected chi connectivity index (χ1v) is 10.1. The third kappa shape index (κ3) is 4.09. The van der Waals surface area contributed by atoms with E-state index >= 15 is 0 Å². The quantitative estimate of drug-likeness (QED) is 0.882. The molecule has 3 aliphatic rings. The number of carbonyl (C=O) groups is 2. The molecule has 1 saturated carbocycles. The molecule has 1 atom stereocenters. The highest BCUT2D eigenvalue weighted by atomic mass is 19.1. The molecule has 0 radical (unpaired) electrons. The Hall–Kier alpha value is -2.11. The molecule has 2 heterocycles. The van der Waals surface area contributed by atoms with Gasteiger partial charge in [0.15, 0.2) is 0 Å². The second kappa shape index (κ2) is 7.49. The molecular formula is C21H28FN3O2. The first kappa shape index (κ1) is 18.3. The van der Waals surface area contributed by atoms with E-state index in [1.807, 2.05) is 11.0 Å². The Bertz CT molecular complexity index is 721. The smallest absolute Gasteiger partial charge is 0.317 e. The summed E-state index contributed by atoms with van der Waals surface area (Å²) in [5.41, 5.74) is 0.677. The van der Waals surface area contributed by atoms with Crippen molar-refractivity contribution in [2.24, 2.45) is 5.41 Å². The van der Waals surface area contributed by atoms with Gasteiger partial charge in [0.05, 0.1) is 0 Å². The molecule has 6 heteroatoms. The van der Waals surface area contributed by atoms with Gasteiger partial charge in [-0.3, -0.25) is 4.79 Å². The van der Waals surface area contributed by atoms with E-state index in [2.05, 4.69) is 10.2 Å². The molecule has 1 N–H and O–H groups in total. The first-order chi connectivity index (χ1) is 13.1. The Kier molecular flexibility index (Phi) is 5.06. The van der Waals surface area contributed by atoms with Gasteiger partial charge in [0.2, 0.25) is 5.91 Å². The van der Waals surface area contributed by atoms with Crippen LogP contribution in [0.15, 0.2) is 24.3 Å². The van der Waals surface area contributed by atoms with Crippen LogP contribution in [0.5, 0.6) is 0 Å². The number of halogens is 1. The van der Waals surface area contributed by atoms with Gasteiger partial charge < -0.3 is 15.1 Å². The van der Waals surface area contributed by atoms with Gasteiger partial charge in [0, 0.05) is 44.1 Å². The van der Waals surface area contributed by atoms with Crippen molar-refractivity contribution in [1.29, 1.82) is 0 Å². The number of benzene rings is 1. The van der Waals surface area contributed by atoms with Crippen molar-refractivity contribution in [1.82, 2.24) is 15.1 Å². The minimum Gasteiger partial charge on any atom is -0.339 e. The lowest BCUT2D eigenvalue weighted by Gasteiger charge is -2.48. The van der Waals surface area contributed by atoms with E-state index in [-0.39, 0.29) is 23.2 Å². The van der Waals surface area contributed by atoms with Gasteiger partial charge in [-0.1, -0.05) is 18.2 Å². The lowest BCUT2D eigenvalue weighted by atomic mass is 9.73. The molecule has 146 valence electrons. The topological polar surface area (TPSA) is 52.7 Å². The fourth-order valence-electron chi connectivity index (χ4n) is 4.59. The number of piperidine rings is 2. The van der Waals surface area contributed by atoms with Crippen molar-refractivity contribution in [2.75, 3.05) is 26.2 Å². The van der Waals surface area contributed by atoms with Gasteiger partial charge in [-0.2, -0.15) is 0 Å². The molecule has 3 fully saturated rings. The Morgan fingerprint density at radius 2 is 2.04 bits per heavy atom.